The molecule has 1 saturated heterocycles. The van der Waals surface area contributed by atoms with Gasteiger partial charge in [0.1, 0.15) is 0 Å². The van der Waals surface area contributed by atoms with Gasteiger partial charge >= 0.3 is 0 Å². The van der Waals surface area contributed by atoms with Gasteiger partial charge in [-0.3, -0.25) is 4.90 Å². The van der Waals surface area contributed by atoms with E-state index < -0.39 is 0 Å². The van der Waals surface area contributed by atoms with E-state index in [1.807, 2.05) is 19.9 Å². The molecule has 0 unspecified atom stereocenters. The van der Waals surface area contributed by atoms with Gasteiger partial charge in [-0.25, -0.2) is 15.0 Å². The van der Waals surface area contributed by atoms with E-state index in [0.29, 0.717) is 0 Å². The molecule has 0 amide bonds. The summed E-state index contributed by atoms with van der Waals surface area (Å²) in [5, 5.41) is 3.31. The molecule has 0 aromatic carbocycles. The van der Waals surface area contributed by atoms with E-state index in [1.54, 1.807) is 11.3 Å². The maximum absolute atomic E-state index is 4.56. The van der Waals surface area contributed by atoms with E-state index in [4.69, 9.17) is 0 Å². The van der Waals surface area contributed by atoms with Gasteiger partial charge in [0.2, 0.25) is 5.95 Å². The molecule has 0 N–H and O–H groups in total. The molecule has 0 radical (unpaired) electrons. The molecule has 112 valence electrons. The lowest BCUT2D eigenvalue weighted by molar-refractivity contribution is 0.246. The van der Waals surface area contributed by atoms with Crippen molar-refractivity contribution in [2.24, 2.45) is 0 Å². The van der Waals surface area contributed by atoms with E-state index in [-0.39, 0.29) is 0 Å². The van der Waals surface area contributed by atoms with Crippen LogP contribution in [0.1, 0.15) is 22.1 Å². The molecule has 5 nitrogen and oxygen atoms in total. The molecule has 3 rings (SSSR count). The number of piperazine rings is 1. The summed E-state index contributed by atoms with van der Waals surface area (Å²) < 4.78 is 0. The first-order valence-electron chi connectivity index (χ1n) is 7.31. The Morgan fingerprint density at radius 3 is 2.24 bits per heavy atom. The van der Waals surface area contributed by atoms with Crippen LogP contribution in [0.3, 0.4) is 0 Å². The Hall–Kier alpha value is -1.53. The van der Waals surface area contributed by atoms with E-state index in [9.17, 15) is 0 Å². The summed E-state index contributed by atoms with van der Waals surface area (Å²) in [5.74, 6) is 0.872. The molecule has 0 saturated carbocycles. The highest BCUT2D eigenvalue weighted by molar-refractivity contribution is 7.09. The second kappa shape index (κ2) is 6.07. The Bertz CT molecular complexity index is 596. The number of nitrogens with zero attached hydrogens (tertiary/aromatic N) is 5. The monoisotopic (exact) mass is 303 g/mol. The zero-order chi connectivity index (χ0) is 14.8. The lowest BCUT2D eigenvalue weighted by Crippen LogP contribution is -2.46. The van der Waals surface area contributed by atoms with Crippen molar-refractivity contribution in [2.75, 3.05) is 31.1 Å². The van der Waals surface area contributed by atoms with Gasteiger partial charge in [-0.15, -0.1) is 11.3 Å². The van der Waals surface area contributed by atoms with Crippen molar-refractivity contribution in [1.82, 2.24) is 19.9 Å². The Morgan fingerprint density at radius 2 is 1.67 bits per heavy atom. The van der Waals surface area contributed by atoms with E-state index in [0.717, 1.165) is 55.1 Å². The Labute approximate surface area is 129 Å². The number of thiazole rings is 1. The fourth-order valence-corrected chi connectivity index (χ4v) is 3.27. The fraction of sp³-hybridized carbons (Fsp3) is 0.533. The average Bonchev–Trinajstić information content (AvgIpc) is 2.84. The van der Waals surface area contributed by atoms with Gasteiger partial charge in [0, 0.05) is 49.5 Å². The number of anilines is 1. The quantitative estimate of drug-likeness (QED) is 0.869. The molecule has 1 fully saturated rings. The lowest BCUT2D eigenvalue weighted by Gasteiger charge is -2.34. The number of hydrogen-bond donors (Lipinski definition) is 0. The van der Waals surface area contributed by atoms with Gasteiger partial charge in [-0.05, 0) is 26.8 Å². The first-order chi connectivity index (χ1) is 10.1. The predicted octanol–water partition coefficient (Wildman–Crippen LogP) is 2.18. The molecular formula is C15H21N5S. The van der Waals surface area contributed by atoms with E-state index in [2.05, 4.69) is 37.1 Å². The summed E-state index contributed by atoms with van der Waals surface area (Å²) in [6, 6.07) is 2.02. The third-order valence-electron chi connectivity index (χ3n) is 3.68. The molecular weight excluding hydrogens is 282 g/mol. The zero-order valence-electron chi connectivity index (χ0n) is 12.8. The summed E-state index contributed by atoms with van der Waals surface area (Å²) >= 11 is 1.73. The summed E-state index contributed by atoms with van der Waals surface area (Å²) in [4.78, 5) is 18.4. The Balaban J connectivity index is 1.59. The van der Waals surface area contributed by atoms with Crippen LogP contribution in [-0.4, -0.2) is 46.0 Å². The van der Waals surface area contributed by atoms with Crippen LogP contribution in [-0.2, 0) is 6.54 Å². The molecule has 2 aromatic rings. The Morgan fingerprint density at radius 1 is 1.00 bits per heavy atom. The van der Waals surface area contributed by atoms with Crippen LogP contribution >= 0.6 is 11.3 Å². The van der Waals surface area contributed by atoms with Gasteiger partial charge in [-0.1, -0.05) is 0 Å². The zero-order valence-corrected chi connectivity index (χ0v) is 13.7. The van der Waals surface area contributed by atoms with Gasteiger partial charge in [-0.2, -0.15) is 0 Å². The first-order valence-corrected chi connectivity index (χ1v) is 8.19. The van der Waals surface area contributed by atoms with Crippen molar-refractivity contribution in [3.63, 3.8) is 0 Å². The van der Waals surface area contributed by atoms with Crippen molar-refractivity contribution in [3.8, 4) is 0 Å². The number of rotatable bonds is 3. The van der Waals surface area contributed by atoms with E-state index >= 15 is 0 Å². The van der Waals surface area contributed by atoms with Gasteiger partial charge in [0.05, 0.1) is 10.7 Å². The van der Waals surface area contributed by atoms with Crippen LogP contribution in [0.25, 0.3) is 0 Å². The minimum absolute atomic E-state index is 0.872. The standard InChI is InChI=1S/C15H21N5S/c1-11-8-12(2)17-15(16-11)20-6-4-19(5-7-20)9-14-10-21-13(3)18-14/h8,10H,4-7,9H2,1-3H3. The maximum atomic E-state index is 4.56. The van der Waals surface area contributed by atoms with Crippen molar-refractivity contribution in [2.45, 2.75) is 27.3 Å². The molecule has 6 heteroatoms. The van der Waals surface area contributed by atoms with Gasteiger partial charge < -0.3 is 4.90 Å². The number of aromatic nitrogens is 3. The molecule has 21 heavy (non-hydrogen) atoms. The smallest absolute Gasteiger partial charge is 0.225 e. The number of aryl methyl sites for hydroxylation is 3. The second-order valence-corrected chi connectivity index (χ2v) is 6.63. The van der Waals surface area contributed by atoms with Crippen molar-refractivity contribution >= 4 is 17.3 Å². The van der Waals surface area contributed by atoms with Crippen LogP contribution in [0.4, 0.5) is 5.95 Å². The third-order valence-corrected chi connectivity index (χ3v) is 4.50. The molecule has 1 aliphatic rings. The minimum atomic E-state index is 0.872. The van der Waals surface area contributed by atoms with Crippen LogP contribution in [0.5, 0.6) is 0 Å². The third kappa shape index (κ3) is 3.57. The molecule has 0 atom stereocenters. The lowest BCUT2D eigenvalue weighted by atomic mass is 10.3. The predicted molar refractivity (Wildman–Crippen MR) is 85.8 cm³/mol. The highest BCUT2D eigenvalue weighted by Crippen LogP contribution is 2.15. The van der Waals surface area contributed by atoms with Crippen LogP contribution in [0.15, 0.2) is 11.4 Å². The largest absolute Gasteiger partial charge is 0.338 e. The fourth-order valence-electron chi connectivity index (χ4n) is 2.66. The van der Waals surface area contributed by atoms with Gasteiger partial charge in [0.25, 0.3) is 0 Å². The SMILES string of the molecule is Cc1cc(C)nc(N2CCN(Cc3csc(C)n3)CC2)n1. The maximum Gasteiger partial charge on any atom is 0.225 e. The van der Waals surface area contributed by atoms with Crippen molar-refractivity contribution in [3.05, 3.63) is 33.5 Å². The molecule has 2 aromatic heterocycles. The summed E-state index contributed by atoms with van der Waals surface area (Å²) in [6.45, 7) is 11.1. The molecule has 0 bridgehead atoms. The topological polar surface area (TPSA) is 45.2 Å². The molecule has 0 spiro atoms. The molecule has 1 aliphatic heterocycles. The average molecular weight is 303 g/mol. The molecule has 3 heterocycles. The molecule has 0 aliphatic carbocycles. The van der Waals surface area contributed by atoms with Crippen LogP contribution in [0.2, 0.25) is 0 Å². The normalized spacial score (nSPS) is 16.4. The van der Waals surface area contributed by atoms with Crippen LogP contribution in [0, 0.1) is 20.8 Å². The van der Waals surface area contributed by atoms with E-state index in [1.165, 1.54) is 5.69 Å². The highest BCUT2D eigenvalue weighted by Gasteiger charge is 2.20. The van der Waals surface area contributed by atoms with Gasteiger partial charge in [0.15, 0.2) is 0 Å². The summed E-state index contributed by atoms with van der Waals surface area (Å²) in [7, 11) is 0. The minimum Gasteiger partial charge on any atom is -0.338 e. The van der Waals surface area contributed by atoms with Crippen LogP contribution < -0.4 is 4.90 Å². The second-order valence-electron chi connectivity index (χ2n) is 5.57. The van der Waals surface area contributed by atoms with Crippen molar-refractivity contribution in [1.29, 1.82) is 0 Å². The summed E-state index contributed by atoms with van der Waals surface area (Å²) in [5.41, 5.74) is 3.27. The van der Waals surface area contributed by atoms with Crippen molar-refractivity contribution < 1.29 is 0 Å². The number of hydrogen-bond acceptors (Lipinski definition) is 6. The summed E-state index contributed by atoms with van der Waals surface area (Å²) in [6.07, 6.45) is 0. The Kier molecular flexibility index (Phi) is 4.17. The first kappa shape index (κ1) is 14.4. The highest BCUT2D eigenvalue weighted by atomic mass is 32.1.